The van der Waals surface area contributed by atoms with Gasteiger partial charge in [0, 0.05) is 12.6 Å². The predicted octanol–water partition coefficient (Wildman–Crippen LogP) is 1.91. The number of carbonyl (C=O) groups is 1. The molecule has 0 aliphatic rings. The molecule has 1 amide bonds. The van der Waals surface area contributed by atoms with Crippen molar-refractivity contribution in [3.8, 4) is 0 Å². The summed E-state index contributed by atoms with van der Waals surface area (Å²) < 4.78 is 29.5. The van der Waals surface area contributed by atoms with Crippen LogP contribution < -0.4 is 5.32 Å². The number of benzene rings is 1. The third-order valence-corrected chi connectivity index (χ3v) is 5.62. The Morgan fingerprint density at radius 2 is 2.00 bits per heavy atom. The maximum Gasteiger partial charge on any atom is 0.238 e. The normalized spacial score (nSPS) is 12.8. The number of rotatable bonds is 6. The Hall–Kier alpha value is -2.15. The van der Waals surface area contributed by atoms with E-state index < -0.39 is 21.0 Å². The number of hydrogen-bond donors (Lipinski definition) is 1. The molecule has 2 rings (SSSR count). The first-order valence-corrected chi connectivity index (χ1v) is 8.97. The van der Waals surface area contributed by atoms with Crippen LogP contribution in [-0.2, 0) is 26.9 Å². The van der Waals surface area contributed by atoms with Crippen LogP contribution in [0.2, 0.25) is 0 Å². The van der Waals surface area contributed by atoms with Gasteiger partial charge in [0.15, 0.2) is 15.6 Å². The number of hydrogen-bond acceptors (Lipinski definition) is 5. The average Bonchev–Trinajstić information content (AvgIpc) is 2.89. The summed E-state index contributed by atoms with van der Waals surface area (Å²) in [5.74, 6) is -0.627. The van der Waals surface area contributed by atoms with Gasteiger partial charge in [-0.1, -0.05) is 29.4 Å². The molecule has 1 heterocycles. The van der Waals surface area contributed by atoms with E-state index in [4.69, 9.17) is 4.52 Å². The van der Waals surface area contributed by atoms with Crippen LogP contribution in [0.3, 0.4) is 0 Å². The lowest BCUT2D eigenvalue weighted by atomic mass is 10.1. The highest BCUT2D eigenvalue weighted by Crippen LogP contribution is 2.13. The molecule has 1 N–H and O–H groups in total. The Morgan fingerprint density at radius 3 is 2.61 bits per heavy atom. The van der Waals surface area contributed by atoms with E-state index in [1.165, 1.54) is 6.92 Å². The fourth-order valence-corrected chi connectivity index (χ4v) is 3.30. The number of nitrogens with zero attached hydrogens (tertiary/aromatic N) is 1. The molecule has 1 aromatic carbocycles. The van der Waals surface area contributed by atoms with Gasteiger partial charge < -0.3 is 9.84 Å². The van der Waals surface area contributed by atoms with E-state index >= 15 is 0 Å². The van der Waals surface area contributed by atoms with Crippen LogP contribution in [0.4, 0.5) is 0 Å². The maximum absolute atomic E-state index is 12.3. The molecule has 1 atom stereocenters. The van der Waals surface area contributed by atoms with E-state index in [1.807, 2.05) is 31.2 Å². The second kappa shape index (κ2) is 6.95. The highest BCUT2D eigenvalue weighted by molar-refractivity contribution is 7.92. The monoisotopic (exact) mass is 336 g/mol. The van der Waals surface area contributed by atoms with Crippen LogP contribution >= 0.6 is 0 Å². The molecule has 0 aliphatic carbocycles. The van der Waals surface area contributed by atoms with Crippen molar-refractivity contribution >= 4 is 15.7 Å². The summed E-state index contributed by atoms with van der Waals surface area (Å²) in [6.07, 6.45) is 0. The fraction of sp³-hybridized carbons (Fsp3) is 0.375. The third kappa shape index (κ3) is 4.41. The van der Waals surface area contributed by atoms with Gasteiger partial charge in [0.25, 0.3) is 0 Å². The first kappa shape index (κ1) is 17.2. The standard InChI is InChI=1S/C16H20N2O4S/c1-11-6-4-5-7-14(11)9-17-16(19)13(3)23(20,21)10-15-8-12(2)18-22-15/h4-8,13H,9-10H2,1-3H3,(H,17,19)/t13-/m0/s1. The van der Waals surface area contributed by atoms with Gasteiger partial charge in [0.1, 0.15) is 11.0 Å². The SMILES string of the molecule is Cc1cc(CS(=O)(=O)[C@@H](C)C(=O)NCc2ccccc2C)on1. The van der Waals surface area contributed by atoms with Crippen LogP contribution in [0.25, 0.3) is 0 Å². The Labute approximate surface area is 135 Å². The molecule has 0 saturated heterocycles. The van der Waals surface area contributed by atoms with Crippen molar-refractivity contribution < 1.29 is 17.7 Å². The first-order chi connectivity index (χ1) is 10.8. The summed E-state index contributed by atoms with van der Waals surface area (Å²) in [5.41, 5.74) is 2.60. The van der Waals surface area contributed by atoms with E-state index in [2.05, 4.69) is 10.5 Å². The lowest BCUT2D eigenvalue weighted by molar-refractivity contribution is -0.120. The van der Waals surface area contributed by atoms with Gasteiger partial charge in [-0.25, -0.2) is 8.42 Å². The minimum absolute atomic E-state index is 0.237. The molecule has 23 heavy (non-hydrogen) atoms. The summed E-state index contributed by atoms with van der Waals surface area (Å²) in [6.45, 7) is 5.32. The maximum atomic E-state index is 12.3. The molecule has 124 valence electrons. The number of aromatic nitrogens is 1. The molecule has 6 nitrogen and oxygen atoms in total. The van der Waals surface area contributed by atoms with Crippen LogP contribution in [0, 0.1) is 13.8 Å². The van der Waals surface area contributed by atoms with Crippen molar-refractivity contribution in [1.29, 1.82) is 0 Å². The van der Waals surface area contributed by atoms with Gasteiger partial charge in [-0.05, 0) is 31.9 Å². The van der Waals surface area contributed by atoms with Crippen molar-refractivity contribution in [2.75, 3.05) is 0 Å². The van der Waals surface area contributed by atoms with E-state index in [0.717, 1.165) is 11.1 Å². The molecule has 0 aliphatic heterocycles. The lowest BCUT2D eigenvalue weighted by Crippen LogP contribution is -2.38. The zero-order valence-electron chi connectivity index (χ0n) is 13.4. The molecule has 0 spiro atoms. The van der Waals surface area contributed by atoms with Gasteiger partial charge in [-0.15, -0.1) is 0 Å². The molecule has 0 saturated carbocycles. The summed E-state index contributed by atoms with van der Waals surface area (Å²) in [5, 5.41) is 5.17. The lowest BCUT2D eigenvalue weighted by Gasteiger charge is -2.13. The van der Waals surface area contributed by atoms with Crippen molar-refractivity contribution in [3.05, 3.63) is 52.9 Å². The second-order valence-electron chi connectivity index (χ2n) is 5.53. The zero-order chi connectivity index (χ0) is 17.0. The van der Waals surface area contributed by atoms with E-state index in [1.54, 1.807) is 13.0 Å². The second-order valence-corrected chi connectivity index (χ2v) is 7.85. The molecule has 0 unspecified atom stereocenters. The minimum Gasteiger partial charge on any atom is -0.360 e. The fourth-order valence-electron chi connectivity index (χ4n) is 2.11. The summed E-state index contributed by atoms with van der Waals surface area (Å²) in [6, 6.07) is 9.17. The molecule has 1 aromatic heterocycles. The van der Waals surface area contributed by atoms with E-state index in [0.29, 0.717) is 12.2 Å². The Kier molecular flexibility index (Phi) is 5.20. The molecule has 0 fully saturated rings. The smallest absolute Gasteiger partial charge is 0.238 e. The first-order valence-electron chi connectivity index (χ1n) is 7.25. The van der Waals surface area contributed by atoms with E-state index in [9.17, 15) is 13.2 Å². The number of amides is 1. The number of nitrogens with one attached hydrogen (secondary N) is 1. The van der Waals surface area contributed by atoms with Crippen LogP contribution in [0.15, 0.2) is 34.9 Å². The van der Waals surface area contributed by atoms with Gasteiger partial charge in [0.05, 0.1) is 5.69 Å². The molecule has 0 bridgehead atoms. The van der Waals surface area contributed by atoms with Gasteiger partial charge >= 0.3 is 0 Å². The van der Waals surface area contributed by atoms with Crippen LogP contribution in [0.5, 0.6) is 0 Å². The highest BCUT2D eigenvalue weighted by Gasteiger charge is 2.29. The minimum atomic E-state index is -3.66. The molecular formula is C16H20N2O4S. The molecule has 0 radical (unpaired) electrons. The number of aryl methyl sites for hydroxylation is 2. The van der Waals surface area contributed by atoms with Crippen LogP contribution in [0.1, 0.15) is 29.5 Å². The quantitative estimate of drug-likeness (QED) is 0.870. The van der Waals surface area contributed by atoms with Crippen LogP contribution in [-0.4, -0.2) is 24.7 Å². The largest absolute Gasteiger partial charge is 0.360 e. The molecule has 2 aromatic rings. The molecular weight excluding hydrogens is 316 g/mol. The summed E-state index contributed by atoms with van der Waals surface area (Å²) in [7, 11) is -3.66. The summed E-state index contributed by atoms with van der Waals surface area (Å²) in [4.78, 5) is 12.1. The van der Waals surface area contributed by atoms with Gasteiger partial charge in [-0.2, -0.15) is 0 Å². The topological polar surface area (TPSA) is 89.3 Å². The highest BCUT2D eigenvalue weighted by atomic mass is 32.2. The Bertz CT molecular complexity index is 796. The van der Waals surface area contributed by atoms with Gasteiger partial charge in [-0.3, -0.25) is 4.79 Å². The van der Waals surface area contributed by atoms with Crippen molar-refractivity contribution in [3.63, 3.8) is 0 Å². The van der Waals surface area contributed by atoms with Crippen molar-refractivity contribution in [1.82, 2.24) is 10.5 Å². The van der Waals surface area contributed by atoms with Crippen molar-refractivity contribution in [2.24, 2.45) is 0 Å². The number of sulfone groups is 1. The molecule has 7 heteroatoms. The average molecular weight is 336 g/mol. The third-order valence-electron chi connectivity index (χ3n) is 3.64. The Morgan fingerprint density at radius 1 is 1.30 bits per heavy atom. The Balaban J connectivity index is 1.99. The van der Waals surface area contributed by atoms with Crippen molar-refractivity contribution in [2.45, 2.75) is 38.3 Å². The predicted molar refractivity (Wildman–Crippen MR) is 86.4 cm³/mol. The van der Waals surface area contributed by atoms with Gasteiger partial charge in [0.2, 0.25) is 5.91 Å². The summed E-state index contributed by atoms with van der Waals surface area (Å²) >= 11 is 0. The number of carbonyl (C=O) groups excluding carboxylic acids is 1. The zero-order valence-corrected chi connectivity index (χ0v) is 14.2. The van der Waals surface area contributed by atoms with E-state index in [-0.39, 0.29) is 11.5 Å².